The van der Waals surface area contributed by atoms with Crippen LogP contribution >= 0.6 is 0 Å². The van der Waals surface area contributed by atoms with Crippen LogP contribution in [0.2, 0.25) is 0 Å². The molecule has 0 atom stereocenters. The van der Waals surface area contributed by atoms with Crippen molar-refractivity contribution in [2.24, 2.45) is 5.92 Å². The minimum absolute atomic E-state index is 0.835. The molecule has 0 nitrogen and oxygen atoms in total. The van der Waals surface area contributed by atoms with Crippen LogP contribution in [0.5, 0.6) is 0 Å². The Morgan fingerprint density at radius 1 is 0.944 bits per heavy atom. The highest BCUT2D eigenvalue weighted by Crippen LogP contribution is 2.16. The highest BCUT2D eigenvalue weighted by Gasteiger charge is 1.99. The zero-order valence-corrected chi connectivity index (χ0v) is 11.9. The van der Waals surface area contributed by atoms with Gasteiger partial charge in [-0.1, -0.05) is 70.6 Å². The van der Waals surface area contributed by atoms with Gasteiger partial charge in [0, 0.05) is 0 Å². The van der Waals surface area contributed by atoms with Gasteiger partial charge in [-0.2, -0.15) is 0 Å². The summed E-state index contributed by atoms with van der Waals surface area (Å²) in [4.78, 5) is 0. The Hall–Kier alpha value is -1.30. The van der Waals surface area contributed by atoms with E-state index in [1.165, 1.54) is 48.8 Å². The van der Waals surface area contributed by atoms with Gasteiger partial charge in [-0.05, 0) is 41.5 Å². The second kappa shape index (κ2) is 7.92. The molecular formula is C18H26. The van der Waals surface area contributed by atoms with E-state index in [1.807, 2.05) is 12.2 Å². The molecule has 0 radical (unpaired) electrons. The fraction of sp³-hybridized carbons (Fsp3) is 0.444. The monoisotopic (exact) mass is 242 g/mol. The van der Waals surface area contributed by atoms with Gasteiger partial charge in [0.25, 0.3) is 0 Å². The molecule has 0 aliphatic carbocycles. The first-order valence-electron chi connectivity index (χ1n) is 7.04. The number of benzene rings is 1. The summed E-state index contributed by atoms with van der Waals surface area (Å²) in [6, 6.07) is 6.60. The van der Waals surface area contributed by atoms with Crippen LogP contribution in [0.4, 0.5) is 0 Å². The van der Waals surface area contributed by atoms with Gasteiger partial charge in [-0.15, -0.1) is 0 Å². The first kappa shape index (κ1) is 14.8. The van der Waals surface area contributed by atoms with Crippen molar-refractivity contribution in [3.63, 3.8) is 0 Å². The van der Waals surface area contributed by atoms with E-state index in [0.29, 0.717) is 0 Å². The van der Waals surface area contributed by atoms with Crippen molar-refractivity contribution < 1.29 is 0 Å². The summed E-state index contributed by atoms with van der Waals surface area (Å²) in [5.41, 5.74) is 3.81. The molecule has 0 bridgehead atoms. The van der Waals surface area contributed by atoms with E-state index in [0.717, 1.165) is 5.92 Å². The van der Waals surface area contributed by atoms with Gasteiger partial charge in [0.2, 0.25) is 0 Å². The van der Waals surface area contributed by atoms with Crippen molar-refractivity contribution in [1.29, 1.82) is 0 Å². The molecule has 0 N–H and O–H groups in total. The summed E-state index contributed by atoms with van der Waals surface area (Å²) in [7, 11) is 0. The van der Waals surface area contributed by atoms with E-state index in [-0.39, 0.29) is 0 Å². The van der Waals surface area contributed by atoms with Crippen molar-refractivity contribution in [3.8, 4) is 0 Å². The van der Waals surface area contributed by atoms with Crippen LogP contribution in [0.3, 0.4) is 0 Å². The summed E-state index contributed by atoms with van der Waals surface area (Å²) < 4.78 is 0. The zero-order chi connectivity index (χ0) is 13.4. The fourth-order valence-corrected chi connectivity index (χ4v) is 2.18. The lowest BCUT2D eigenvalue weighted by Crippen LogP contribution is -1.91. The summed E-state index contributed by atoms with van der Waals surface area (Å²) in [6.45, 7) is 12.3. The maximum atomic E-state index is 3.84. The molecule has 0 aliphatic heterocycles. The van der Waals surface area contributed by atoms with Crippen LogP contribution in [0.1, 0.15) is 56.2 Å². The molecule has 1 aromatic rings. The summed E-state index contributed by atoms with van der Waals surface area (Å²) in [5, 5.41) is 0. The van der Waals surface area contributed by atoms with Crippen molar-refractivity contribution in [1.82, 2.24) is 0 Å². The molecule has 0 heterocycles. The third-order valence-electron chi connectivity index (χ3n) is 3.26. The van der Waals surface area contributed by atoms with Crippen molar-refractivity contribution >= 4 is 12.2 Å². The Bertz CT molecular complexity index is 359. The van der Waals surface area contributed by atoms with Gasteiger partial charge < -0.3 is 0 Å². The highest BCUT2D eigenvalue weighted by atomic mass is 14.0. The topological polar surface area (TPSA) is 0 Å². The van der Waals surface area contributed by atoms with E-state index in [1.54, 1.807) is 0 Å². The highest BCUT2D eigenvalue weighted by molar-refractivity contribution is 5.57. The standard InChI is InChI=1S/C18H26/c1-5-16-12-17(6-2)14-18(13-16)11-9-7-8-10-15(3)4/h5-6,12-15H,1-2,7-11H2,3-4H3. The van der Waals surface area contributed by atoms with Crippen LogP contribution in [0.25, 0.3) is 12.2 Å². The Balaban J connectivity index is 2.46. The molecular weight excluding hydrogens is 216 g/mol. The molecule has 0 heteroatoms. The smallest absolute Gasteiger partial charge is 0.0254 e. The van der Waals surface area contributed by atoms with Gasteiger partial charge >= 0.3 is 0 Å². The maximum Gasteiger partial charge on any atom is -0.0254 e. The summed E-state index contributed by atoms with van der Waals surface area (Å²) in [6.07, 6.45) is 10.3. The Kier molecular flexibility index (Phi) is 6.49. The molecule has 0 aliphatic rings. The van der Waals surface area contributed by atoms with Crippen molar-refractivity contribution in [3.05, 3.63) is 48.0 Å². The van der Waals surface area contributed by atoms with E-state index in [4.69, 9.17) is 0 Å². The van der Waals surface area contributed by atoms with Gasteiger partial charge in [-0.25, -0.2) is 0 Å². The predicted octanol–water partition coefficient (Wildman–Crippen LogP) is 5.73. The first-order chi connectivity index (χ1) is 8.65. The summed E-state index contributed by atoms with van der Waals surface area (Å²) in [5.74, 6) is 0.835. The van der Waals surface area contributed by atoms with E-state index in [2.05, 4.69) is 45.2 Å². The molecule has 0 saturated heterocycles. The molecule has 1 aromatic carbocycles. The molecule has 18 heavy (non-hydrogen) atoms. The minimum atomic E-state index is 0.835. The molecule has 0 fully saturated rings. The average Bonchev–Trinajstić information content (AvgIpc) is 2.37. The number of rotatable bonds is 8. The lowest BCUT2D eigenvalue weighted by molar-refractivity contribution is 0.527. The third kappa shape index (κ3) is 5.35. The molecule has 1 rings (SSSR count). The quantitative estimate of drug-likeness (QED) is 0.510. The Labute approximate surface area is 112 Å². The van der Waals surface area contributed by atoms with Crippen LogP contribution in [0.15, 0.2) is 31.4 Å². The number of hydrogen-bond donors (Lipinski definition) is 0. The van der Waals surface area contributed by atoms with Gasteiger partial charge in [0.1, 0.15) is 0 Å². The Morgan fingerprint density at radius 2 is 1.56 bits per heavy atom. The van der Waals surface area contributed by atoms with Crippen molar-refractivity contribution in [2.75, 3.05) is 0 Å². The van der Waals surface area contributed by atoms with Crippen LogP contribution < -0.4 is 0 Å². The number of hydrogen-bond acceptors (Lipinski definition) is 0. The second-order valence-corrected chi connectivity index (χ2v) is 5.41. The number of aryl methyl sites for hydroxylation is 1. The lowest BCUT2D eigenvalue weighted by atomic mass is 9.99. The SMILES string of the molecule is C=Cc1cc(C=C)cc(CCCCCC(C)C)c1. The van der Waals surface area contributed by atoms with E-state index >= 15 is 0 Å². The third-order valence-corrected chi connectivity index (χ3v) is 3.26. The van der Waals surface area contributed by atoms with Crippen LogP contribution in [0, 0.1) is 5.92 Å². The molecule has 0 aromatic heterocycles. The molecule has 98 valence electrons. The molecule has 0 saturated carbocycles. The van der Waals surface area contributed by atoms with Gasteiger partial charge in [0.05, 0.1) is 0 Å². The van der Waals surface area contributed by atoms with Crippen molar-refractivity contribution in [2.45, 2.75) is 46.0 Å². The molecule has 0 unspecified atom stereocenters. The first-order valence-corrected chi connectivity index (χ1v) is 7.04. The average molecular weight is 242 g/mol. The minimum Gasteiger partial charge on any atom is -0.0985 e. The largest absolute Gasteiger partial charge is 0.0985 e. The zero-order valence-electron chi connectivity index (χ0n) is 11.9. The van der Waals surface area contributed by atoms with Gasteiger partial charge in [-0.3, -0.25) is 0 Å². The van der Waals surface area contributed by atoms with Crippen LogP contribution in [-0.2, 0) is 6.42 Å². The predicted molar refractivity (Wildman–Crippen MR) is 83.6 cm³/mol. The second-order valence-electron chi connectivity index (χ2n) is 5.41. The van der Waals surface area contributed by atoms with E-state index in [9.17, 15) is 0 Å². The fourth-order valence-electron chi connectivity index (χ4n) is 2.18. The lowest BCUT2D eigenvalue weighted by Gasteiger charge is -2.07. The van der Waals surface area contributed by atoms with E-state index < -0.39 is 0 Å². The maximum absolute atomic E-state index is 3.84. The molecule has 0 spiro atoms. The molecule has 0 amide bonds. The normalized spacial score (nSPS) is 10.6. The van der Waals surface area contributed by atoms with Gasteiger partial charge in [0.15, 0.2) is 0 Å². The van der Waals surface area contributed by atoms with Crippen LogP contribution in [-0.4, -0.2) is 0 Å². The summed E-state index contributed by atoms with van der Waals surface area (Å²) >= 11 is 0. The number of unbranched alkanes of at least 4 members (excludes halogenated alkanes) is 2. The Morgan fingerprint density at radius 3 is 2.06 bits per heavy atom.